The number of hydrogen-bond acceptors (Lipinski definition) is 2. The number of aromatic nitrogens is 2. The lowest BCUT2D eigenvalue weighted by molar-refractivity contribution is 0.674. The summed E-state index contributed by atoms with van der Waals surface area (Å²) in [6.07, 6.45) is 3.79. The van der Waals surface area contributed by atoms with Gasteiger partial charge in [0.05, 0.1) is 6.54 Å². The summed E-state index contributed by atoms with van der Waals surface area (Å²) in [7, 11) is 1.80. The van der Waals surface area contributed by atoms with Gasteiger partial charge >= 0.3 is 0 Å². The molecule has 0 bridgehead atoms. The van der Waals surface area contributed by atoms with Crippen LogP contribution in [0.25, 0.3) is 0 Å². The maximum absolute atomic E-state index is 4.35. The Bertz CT molecular complexity index is 840. The van der Waals surface area contributed by atoms with Crippen LogP contribution in [-0.4, -0.2) is 29.3 Å². The first kappa shape index (κ1) is 18.7. The van der Waals surface area contributed by atoms with Crippen molar-refractivity contribution in [2.24, 2.45) is 4.99 Å². The van der Waals surface area contributed by atoms with Crippen molar-refractivity contribution in [3.05, 3.63) is 89.7 Å². The Hall–Kier alpha value is -3.08. The summed E-state index contributed by atoms with van der Waals surface area (Å²) in [4.78, 5) is 4.35. The molecule has 3 aromatic rings. The van der Waals surface area contributed by atoms with Gasteiger partial charge in [-0.2, -0.15) is 5.10 Å². The van der Waals surface area contributed by atoms with E-state index in [1.165, 1.54) is 16.7 Å². The third-order valence-corrected chi connectivity index (χ3v) is 4.62. The molecule has 140 valence electrons. The molecule has 0 aliphatic rings. The van der Waals surface area contributed by atoms with Crippen molar-refractivity contribution >= 4 is 5.96 Å². The Labute approximate surface area is 161 Å². The summed E-state index contributed by atoms with van der Waals surface area (Å²) in [6, 6.07) is 20.9. The van der Waals surface area contributed by atoms with Crippen molar-refractivity contribution in [2.45, 2.75) is 25.9 Å². The third kappa shape index (κ3) is 5.45. The second kappa shape index (κ2) is 9.57. The molecule has 27 heavy (non-hydrogen) atoms. The first-order chi connectivity index (χ1) is 13.3. The molecule has 0 fully saturated rings. The lowest BCUT2D eigenvalue weighted by Crippen LogP contribution is -2.38. The fourth-order valence-corrected chi connectivity index (χ4v) is 3.00. The molecule has 1 unspecified atom stereocenters. The van der Waals surface area contributed by atoms with Crippen LogP contribution in [0.5, 0.6) is 0 Å². The normalized spacial score (nSPS) is 12.6. The Morgan fingerprint density at radius 2 is 1.74 bits per heavy atom. The fraction of sp³-hybridized carbons (Fsp3) is 0.273. The van der Waals surface area contributed by atoms with E-state index >= 15 is 0 Å². The van der Waals surface area contributed by atoms with Gasteiger partial charge in [0, 0.05) is 32.5 Å². The fourth-order valence-electron chi connectivity index (χ4n) is 3.00. The van der Waals surface area contributed by atoms with E-state index in [2.05, 4.69) is 76.2 Å². The van der Waals surface area contributed by atoms with E-state index in [-0.39, 0.29) is 0 Å². The van der Waals surface area contributed by atoms with E-state index < -0.39 is 0 Å². The van der Waals surface area contributed by atoms with Crippen molar-refractivity contribution < 1.29 is 0 Å². The second-order valence-electron chi connectivity index (χ2n) is 6.59. The van der Waals surface area contributed by atoms with E-state index in [0.29, 0.717) is 5.92 Å². The SMILES string of the molecule is CN=C(NCc1ccccc1Cn1cccn1)NCC(C)c1ccccc1. The van der Waals surface area contributed by atoms with Gasteiger partial charge in [0.1, 0.15) is 0 Å². The summed E-state index contributed by atoms with van der Waals surface area (Å²) >= 11 is 0. The molecule has 5 heteroatoms. The maximum Gasteiger partial charge on any atom is 0.191 e. The average molecular weight is 361 g/mol. The third-order valence-electron chi connectivity index (χ3n) is 4.62. The van der Waals surface area contributed by atoms with Crippen LogP contribution < -0.4 is 10.6 Å². The molecule has 0 aliphatic heterocycles. The maximum atomic E-state index is 4.35. The van der Waals surface area contributed by atoms with Gasteiger partial charge in [-0.05, 0) is 28.7 Å². The Kier molecular flexibility index (Phi) is 6.63. The zero-order valence-electron chi connectivity index (χ0n) is 16.0. The number of benzene rings is 2. The van der Waals surface area contributed by atoms with E-state index in [1.54, 1.807) is 13.2 Å². The zero-order valence-corrected chi connectivity index (χ0v) is 16.0. The van der Waals surface area contributed by atoms with Crippen LogP contribution in [0.15, 0.2) is 78.0 Å². The lowest BCUT2D eigenvalue weighted by atomic mass is 10.0. The van der Waals surface area contributed by atoms with Crippen LogP contribution in [0.1, 0.15) is 29.5 Å². The Balaban J connectivity index is 1.55. The van der Waals surface area contributed by atoms with Gasteiger partial charge in [-0.3, -0.25) is 9.67 Å². The highest BCUT2D eigenvalue weighted by Crippen LogP contribution is 2.13. The summed E-state index contributed by atoms with van der Waals surface area (Å²) in [5, 5.41) is 11.1. The predicted molar refractivity (Wildman–Crippen MR) is 111 cm³/mol. The van der Waals surface area contributed by atoms with Crippen LogP contribution >= 0.6 is 0 Å². The lowest BCUT2D eigenvalue weighted by Gasteiger charge is -2.17. The number of hydrogen-bond donors (Lipinski definition) is 2. The minimum atomic E-state index is 0.414. The van der Waals surface area contributed by atoms with Crippen LogP contribution in [0.2, 0.25) is 0 Å². The first-order valence-electron chi connectivity index (χ1n) is 9.30. The highest BCUT2D eigenvalue weighted by molar-refractivity contribution is 5.79. The Morgan fingerprint density at radius 3 is 2.44 bits per heavy atom. The largest absolute Gasteiger partial charge is 0.356 e. The summed E-state index contributed by atoms with van der Waals surface area (Å²) in [6.45, 7) is 4.53. The van der Waals surface area contributed by atoms with Crippen LogP contribution in [0.4, 0.5) is 0 Å². The summed E-state index contributed by atoms with van der Waals surface area (Å²) in [5.74, 6) is 1.23. The van der Waals surface area contributed by atoms with E-state index in [4.69, 9.17) is 0 Å². The predicted octanol–water partition coefficient (Wildman–Crippen LogP) is 3.40. The van der Waals surface area contributed by atoms with Gasteiger partial charge in [-0.1, -0.05) is 61.5 Å². The highest BCUT2D eigenvalue weighted by Gasteiger charge is 2.07. The highest BCUT2D eigenvalue weighted by atomic mass is 15.3. The molecule has 2 aromatic carbocycles. The number of guanidine groups is 1. The molecule has 3 rings (SSSR count). The molecule has 0 saturated carbocycles. The molecule has 0 aliphatic carbocycles. The van der Waals surface area contributed by atoms with Gasteiger partial charge in [-0.15, -0.1) is 0 Å². The van der Waals surface area contributed by atoms with Crippen molar-refractivity contribution in [3.8, 4) is 0 Å². The number of rotatable bonds is 7. The van der Waals surface area contributed by atoms with E-state index in [0.717, 1.165) is 25.6 Å². The number of nitrogens with zero attached hydrogens (tertiary/aromatic N) is 3. The van der Waals surface area contributed by atoms with Gasteiger partial charge in [0.15, 0.2) is 5.96 Å². The first-order valence-corrected chi connectivity index (χ1v) is 9.30. The van der Waals surface area contributed by atoms with Crippen molar-refractivity contribution in [3.63, 3.8) is 0 Å². The molecule has 5 nitrogen and oxygen atoms in total. The molecule has 0 amide bonds. The van der Waals surface area contributed by atoms with Crippen LogP contribution in [0, 0.1) is 0 Å². The van der Waals surface area contributed by atoms with Gasteiger partial charge in [0.25, 0.3) is 0 Å². The van der Waals surface area contributed by atoms with Gasteiger partial charge < -0.3 is 10.6 Å². The molecule has 0 spiro atoms. The van der Waals surface area contributed by atoms with Crippen molar-refractivity contribution in [2.75, 3.05) is 13.6 Å². The molecular weight excluding hydrogens is 334 g/mol. The molecule has 1 aromatic heterocycles. The molecule has 2 N–H and O–H groups in total. The number of nitrogens with one attached hydrogen (secondary N) is 2. The van der Waals surface area contributed by atoms with Crippen LogP contribution in [0.3, 0.4) is 0 Å². The smallest absolute Gasteiger partial charge is 0.191 e. The topological polar surface area (TPSA) is 54.2 Å². The van der Waals surface area contributed by atoms with Gasteiger partial charge in [0.2, 0.25) is 0 Å². The van der Waals surface area contributed by atoms with Crippen molar-refractivity contribution in [1.82, 2.24) is 20.4 Å². The monoisotopic (exact) mass is 361 g/mol. The molecule has 0 radical (unpaired) electrons. The molecule has 1 heterocycles. The number of aliphatic imine (C=N–C) groups is 1. The van der Waals surface area contributed by atoms with Crippen LogP contribution in [-0.2, 0) is 13.1 Å². The average Bonchev–Trinajstić information content (AvgIpc) is 3.23. The second-order valence-corrected chi connectivity index (χ2v) is 6.59. The quantitative estimate of drug-likeness (QED) is 0.501. The molecule has 1 atom stereocenters. The zero-order chi connectivity index (χ0) is 18.9. The van der Waals surface area contributed by atoms with Gasteiger partial charge in [-0.25, -0.2) is 0 Å². The minimum absolute atomic E-state index is 0.414. The summed E-state index contributed by atoms with van der Waals surface area (Å²) < 4.78 is 1.94. The van der Waals surface area contributed by atoms with E-state index in [9.17, 15) is 0 Å². The standard InChI is InChI=1S/C22H27N5/c1-18(19-9-4-3-5-10-19)15-24-22(23-2)25-16-20-11-6-7-12-21(20)17-27-14-8-13-26-27/h3-14,18H,15-17H2,1-2H3,(H2,23,24,25). The minimum Gasteiger partial charge on any atom is -0.356 e. The van der Waals surface area contributed by atoms with E-state index in [1.807, 2.05) is 23.0 Å². The summed E-state index contributed by atoms with van der Waals surface area (Å²) in [5.41, 5.74) is 3.82. The van der Waals surface area contributed by atoms with Crippen molar-refractivity contribution in [1.29, 1.82) is 0 Å². The Morgan fingerprint density at radius 1 is 1.00 bits per heavy atom. The molecular formula is C22H27N5. The molecule has 0 saturated heterocycles.